The molecule has 184 valence electrons. The van der Waals surface area contributed by atoms with E-state index >= 15 is 0 Å². The molecule has 2 aliphatic rings. The molecule has 3 heterocycles. The number of hydrogen-bond acceptors (Lipinski definition) is 7. The molecule has 1 aromatic heterocycles. The summed E-state index contributed by atoms with van der Waals surface area (Å²) in [7, 11) is 1.46. The van der Waals surface area contributed by atoms with E-state index in [9.17, 15) is 14.9 Å². The summed E-state index contributed by atoms with van der Waals surface area (Å²) in [6.07, 6.45) is 4.84. The minimum Gasteiger partial charge on any atom is -0.490 e. The SMILES string of the molecule is CCn1cc(-c2cc([N+](=O)[O-])c(OC)cc2N2CCC(CN3CCN(C(=O)O)CC3)CC2)cn1. The quantitative estimate of drug-likeness (QED) is 0.483. The summed E-state index contributed by atoms with van der Waals surface area (Å²) >= 11 is 0. The van der Waals surface area contributed by atoms with E-state index in [0.717, 1.165) is 68.9 Å². The second-order valence-electron chi connectivity index (χ2n) is 8.88. The Hall–Kier alpha value is -3.34. The number of amides is 1. The van der Waals surface area contributed by atoms with Gasteiger partial charge in [-0.2, -0.15) is 5.10 Å². The number of nitro groups is 1. The molecule has 0 spiro atoms. The highest BCUT2D eigenvalue weighted by molar-refractivity contribution is 5.82. The number of piperidine rings is 1. The van der Waals surface area contributed by atoms with Crippen LogP contribution in [0.5, 0.6) is 5.75 Å². The number of ether oxygens (including phenoxy) is 1. The van der Waals surface area contributed by atoms with Crippen molar-refractivity contribution < 1.29 is 19.6 Å². The van der Waals surface area contributed by atoms with Crippen LogP contribution >= 0.6 is 0 Å². The molecule has 0 unspecified atom stereocenters. The van der Waals surface area contributed by atoms with Gasteiger partial charge in [-0.3, -0.25) is 19.7 Å². The van der Waals surface area contributed by atoms with Gasteiger partial charge in [0.05, 0.1) is 18.2 Å². The summed E-state index contributed by atoms with van der Waals surface area (Å²) in [6.45, 7) is 8.05. The molecule has 2 aliphatic heterocycles. The number of carbonyl (C=O) groups is 1. The zero-order valence-electron chi connectivity index (χ0n) is 19.7. The molecule has 2 saturated heterocycles. The van der Waals surface area contributed by atoms with Crippen molar-refractivity contribution in [3.63, 3.8) is 0 Å². The van der Waals surface area contributed by atoms with Gasteiger partial charge in [0.15, 0.2) is 5.75 Å². The molecule has 0 bridgehead atoms. The van der Waals surface area contributed by atoms with Gasteiger partial charge >= 0.3 is 11.8 Å². The van der Waals surface area contributed by atoms with Crippen LogP contribution in [0.1, 0.15) is 19.8 Å². The molecule has 1 amide bonds. The van der Waals surface area contributed by atoms with Gasteiger partial charge < -0.3 is 19.6 Å². The van der Waals surface area contributed by atoms with E-state index in [1.165, 1.54) is 12.0 Å². The molecular formula is C23H32N6O5. The lowest BCUT2D eigenvalue weighted by Crippen LogP contribution is -2.50. The molecule has 4 rings (SSSR count). The smallest absolute Gasteiger partial charge is 0.407 e. The number of nitrogens with zero attached hydrogens (tertiary/aromatic N) is 6. The summed E-state index contributed by atoms with van der Waals surface area (Å²) in [4.78, 5) is 28.5. The van der Waals surface area contributed by atoms with Gasteiger partial charge in [0, 0.05) is 87.5 Å². The van der Waals surface area contributed by atoms with Crippen LogP contribution in [-0.4, -0.2) is 88.6 Å². The van der Waals surface area contributed by atoms with Gasteiger partial charge in [-0.15, -0.1) is 0 Å². The monoisotopic (exact) mass is 472 g/mol. The number of methoxy groups -OCH3 is 1. The molecule has 0 saturated carbocycles. The van der Waals surface area contributed by atoms with E-state index in [1.54, 1.807) is 18.3 Å². The van der Waals surface area contributed by atoms with Crippen LogP contribution in [0, 0.1) is 16.0 Å². The third-order valence-electron chi connectivity index (χ3n) is 6.88. The van der Waals surface area contributed by atoms with Gasteiger partial charge in [0.2, 0.25) is 0 Å². The Morgan fingerprint density at radius 1 is 1.21 bits per heavy atom. The van der Waals surface area contributed by atoms with E-state index in [0.29, 0.717) is 19.0 Å². The Labute approximate surface area is 198 Å². The molecule has 0 radical (unpaired) electrons. The van der Waals surface area contributed by atoms with Crippen LogP contribution in [0.4, 0.5) is 16.2 Å². The number of carboxylic acid groups (broad SMARTS) is 1. The molecular weight excluding hydrogens is 440 g/mol. The van der Waals surface area contributed by atoms with Crippen LogP contribution in [0.25, 0.3) is 11.1 Å². The Balaban J connectivity index is 1.48. The van der Waals surface area contributed by atoms with E-state index < -0.39 is 11.0 Å². The van der Waals surface area contributed by atoms with Crippen molar-refractivity contribution in [1.29, 1.82) is 0 Å². The van der Waals surface area contributed by atoms with Gasteiger partial charge in [-0.1, -0.05) is 0 Å². The summed E-state index contributed by atoms with van der Waals surface area (Å²) in [5, 5.41) is 25.2. The van der Waals surface area contributed by atoms with Crippen molar-refractivity contribution in [2.45, 2.75) is 26.3 Å². The Kier molecular flexibility index (Phi) is 7.20. The number of aromatic nitrogens is 2. The molecule has 1 aromatic carbocycles. The molecule has 2 aromatic rings. The number of nitro benzene ring substituents is 1. The highest BCUT2D eigenvalue weighted by Gasteiger charge is 2.28. The maximum absolute atomic E-state index is 11.7. The van der Waals surface area contributed by atoms with E-state index in [1.807, 2.05) is 17.8 Å². The fraction of sp³-hybridized carbons (Fsp3) is 0.565. The minimum atomic E-state index is -0.841. The minimum absolute atomic E-state index is 0.0547. The Morgan fingerprint density at radius 3 is 2.47 bits per heavy atom. The molecule has 34 heavy (non-hydrogen) atoms. The zero-order chi connectivity index (χ0) is 24.2. The topological polar surface area (TPSA) is 117 Å². The first-order valence-corrected chi connectivity index (χ1v) is 11.7. The van der Waals surface area contributed by atoms with Crippen molar-refractivity contribution >= 4 is 17.5 Å². The Morgan fingerprint density at radius 2 is 1.91 bits per heavy atom. The number of piperazine rings is 1. The number of hydrogen-bond donors (Lipinski definition) is 1. The highest BCUT2D eigenvalue weighted by Crippen LogP contribution is 2.41. The van der Waals surface area contributed by atoms with Gasteiger partial charge in [-0.25, -0.2) is 4.79 Å². The lowest BCUT2D eigenvalue weighted by atomic mass is 9.94. The number of rotatable bonds is 7. The maximum Gasteiger partial charge on any atom is 0.407 e. The number of anilines is 1. The van der Waals surface area contributed by atoms with Crippen LogP contribution in [-0.2, 0) is 6.54 Å². The Bertz CT molecular complexity index is 1020. The predicted molar refractivity (Wildman–Crippen MR) is 128 cm³/mol. The average Bonchev–Trinajstić information content (AvgIpc) is 3.33. The van der Waals surface area contributed by atoms with Crippen LogP contribution in [0.2, 0.25) is 0 Å². The number of aryl methyl sites for hydroxylation is 1. The normalized spacial score (nSPS) is 17.7. The third kappa shape index (κ3) is 5.09. The number of benzene rings is 1. The second kappa shape index (κ2) is 10.3. The van der Waals surface area contributed by atoms with Gasteiger partial charge in [-0.05, 0) is 25.7 Å². The van der Waals surface area contributed by atoms with Gasteiger partial charge in [0.25, 0.3) is 0 Å². The lowest BCUT2D eigenvalue weighted by molar-refractivity contribution is -0.385. The van der Waals surface area contributed by atoms with E-state index in [4.69, 9.17) is 9.84 Å². The molecule has 0 aliphatic carbocycles. The summed E-state index contributed by atoms with van der Waals surface area (Å²) in [5.74, 6) is 0.795. The van der Waals surface area contributed by atoms with Crippen molar-refractivity contribution in [2.75, 3.05) is 57.8 Å². The van der Waals surface area contributed by atoms with Crippen LogP contribution in [0.15, 0.2) is 24.5 Å². The van der Waals surface area contributed by atoms with E-state index in [-0.39, 0.29) is 11.4 Å². The summed E-state index contributed by atoms with van der Waals surface area (Å²) in [5.41, 5.74) is 2.50. The first-order valence-electron chi connectivity index (χ1n) is 11.7. The first kappa shape index (κ1) is 23.8. The largest absolute Gasteiger partial charge is 0.490 e. The molecule has 11 nitrogen and oxygen atoms in total. The first-order chi connectivity index (χ1) is 16.4. The zero-order valence-corrected chi connectivity index (χ0v) is 19.7. The fourth-order valence-electron chi connectivity index (χ4n) is 4.88. The molecule has 11 heteroatoms. The van der Waals surface area contributed by atoms with Crippen LogP contribution in [0.3, 0.4) is 0 Å². The maximum atomic E-state index is 11.7. The fourth-order valence-corrected chi connectivity index (χ4v) is 4.88. The average molecular weight is 473 g/mol. The van der Waals surface area contributed by atoms with Crippen molar-refractivity contribution in [1.82, 2.24) is 19.6 Å². The van der Waals surface area contributed by atoms with Crippen molar-refractivity contribution in [3.05, 3.63) is 34.6 Å². The second-order valence-corrected chi connectivity index (χ2v) is 8.88. The molecule has 0 atom stereocenters. The van der Waals surface area contributed by atoms with Crippen molar-refractivity contribution in [3.8, 4) is 16.9 Å². The summed E-state index contributed by atoms with van der Waals surface area (Å²) in [6, 6.07) is 3.38. The third-order valence-corrected chi connectivity index (χ3v) is 6.88. The van der Waals surface area contributed by atoms with E-state index in [2.05, 4.69) is 14.9 Å². The van der Waals surface area contributed by atoms with Crippen LogP contribution < -0.4 is 9.64 Å². The van der Waals surface area contributed by atoms with Crippen molar-refractivity contribution in [2.24, 2.45) is 5.92 Å². The molecule has 1 N–H and O–H groups in total. The lowest BCUT2D eigenvalue weighted by Gasteiger charge is -2.39. The van der Waals surface area contributed by atoms with Gasteiger partial charge in [0.1, 0.15) is 0 Å². The summed E-state index contributed by atoms with van der Waals surface area (Å²) < 4.78 is 7.17. The standard InChI is InChI=1S/C23H32N6O5/c1-3-28-16-18(14-24-28)19-12-21(29(32)33)22(34-2)13-20(19)26-6-4-17(5-7-26)15-25-8-10-27(11-9-25)23(30)31/h12-14,16-17H,3-11,15H2,1-2H3,(H,30,31). The molecule has 2 fully saturated rings. The predicted octanol–water partition coefficient (Wildman–Crippen LogP) is 3.00. The highest BCUT2D eigenvalue weighted by atomic mass is 16.6.